The highest BCUT2D eigenvalue weighted by Gasteiger charge is 2.23. The second-order valence-corrected chi connectivity index (χ2v) is 7.22. The van der Waals surface area contributed by atoms with Crippen LogP contribution in [0.1, 0.15) is 42.6 Å². The number of benzene rings is 1. The summed E-state index contributed by atoms with van der Waals surface area (Å²) in [6.45, 7) is 9.04. The Bertz CT molecular complexity index is 496. The van der Waals surface area contributed by atoms with Crippen LogP contribution in [0.5, 0.6) is 0 Å². The highest BCUT2D eigenvalue weighted by Crippen LogP contribution is 2.19. The number of hydrogen-bond acceptors (Lipinski definition) is 2. The molecule has 1 N–H and O–H groups in total. The Labute approximate surface area is 136 Å². The molecule has 4 heteroatoms. The van der Waals surface area contributed by atoms with Gasteiger partial charge in [-0.1, -0.05) is 35.8 Å². The predicted molar refractivity (Wildman–Crippen MR) is 90.6 cm³/mol. The van der Waals surface area contributed by atoms with Gasteiger partial charge in [0.25, 0.3) is 5.91 Å². The first-order valence-corrected chi connectivity index (χ1v) is 8.55. The Morgan fingerprint density at radius 3 is 2.81 bits per heavy atom. The molecule has 21 heavy (non-hydrogen) atoms. The minimum Gasteiger partial charge on any atom is -0.337 e. The highest BCUT2D eigenvalue weighted by atomic mass is 79.9. The van der Waals surface area contributed by atoms with Gasteiger partial charge < -0.3 is 10.2 Å². The van der Waals surface area contributed by atoms with Gasteiger partial charge >= 0.3 is 0 Å². The molecule has 0 aromatic heterocycles. The third-order valence-corrected chi connectivity index (χ3v) is 4.75. The van der Waals surface area contributed by atoms with Crippen molar-refractivity contribution in [3.05, 3.63) is 33.8 Å². The largest absolute Gasteiger partial charge is 0.337 e. The van der Waals surface area contributed by atoms with Crippen molar-refractivity contribution in [3.63, 3.8) is 0 Å². The third kappa shape index (κ3) is 4.55. The van der Waals surface area contributed by atoms with Crippen LogP contribution in [0.15, 0.2) is 22.7 Å². The molecule has 1 aromatic rings. The Balaban J connectivity index is 2.13. The summed E-state index contributed by atoms with van der Waals surface area (Å²) in [5.41, 5.74) is 1.92. The second kappa shape index (κ2) is 7.41. The zero-order valence-corrected chi connectivity index (χ0v) is 14.7. The van der Waals surface area contributed by atoms with Crippen molar-refractivity contribution in [3.8, 4) is 0 Å². The molecule has 0 aliphatic carbocycles. The highest BCUT2D eigenvalue weighted by molar-refractivity contribution is 9.10. The number of nitrogens with zero attached hydrogens (tertiary/aromatic N) is 1. The van der Waals surface area contributed by atoms with E-state index in [1.165, 1.54) is 12.8 Å². The van der Waals surface area contributed by atoms with Gasteiger partial charge in [-0.25, -0.2) is 0 Å². The molecule has 0 spiro atoms. The molecule has 3 nitrogen and oxygen atoms in total. The first-order chi connectivity index (χ1) is 9.97. The van der Waals surface area contributed by atoms with E-state index >= 15 is 0 Å². The summed E-state index contributed by atoms with van der Waals surface area (Å²) in [5.74, 6) is 0.613. The predicted octanol–water partition coefficient (Wildman–Crippen LogP) is 3.61. The fourth-order valence-corrected chi connectivity index (χ4v) is 3.15. The Morgan fingerprint density at radius 2 is 2.24 bits per heavy atom. The van der Waals surface area contributed by atoms with Gasteiger partial charge in [0.2, 0.25) is 0 Å². The average Bonchev–Trinajstić information content (AvgIpc) is 2.93. The maximum Gasteiger partial charge on any atom is 0.253 e. The molecule has 0 radical (unpaired) electrons. The number of rotatable bonds is 5. The van der Waals surface area contributed by atoms with Crippen LogP contribution in [-0.4, -0.2) is 36.5 Å². The van der Waals surface area contributed by atoms with Gasteiger partial charge in [0.05, 0.1) is 0 Å². The molecule has 1 aliphatic rings. The molecular formula is C17H25BrN2O. The lowest BCUT2D eigenvalue weighted by molar-refractivity contribution is 0.0721. The maximum atomic E-state index is 12.8. The summed E-state index contributed by atoms with van der Waals surface area (Å²) in [4.78, 5) is 14.8. The third-order valence-electron chi connectivity index (χ3n) is 3.89. The molecule has 1 amide bonds. The van der Waals surface area contributed by atoms with E-state index in [0.29, 0.717) is 12.0 Å². The summed E-state index contributed by atoms with van der Waals surface area (Å²) >= 11 is 3.52. The van der Waals surface area contributed by atoms with Crippen LogP contribution in [0, 0.1) is 12.8 Å². The number of amides is 1. The first-order valence-electron chi connectivity index (χ1n) is 7.76. The van der Waals surface area contributed by atoms with Gasteiger partial charge in [0.1, 0.15) is 0 Å². The van der Waals surface area contributed by atoms with Crippen LogP contribution in [0.2, 0.25) is 0 Å². The summed E-state index contributed by atoms with van der Waals surface area (Å²) in [5, 5.41) is 3.48. The lowest BCUT2D eigenvalue weighted by Crippen LogP contribution is -2.42. The quantitative estimate of drug-likeness (QED) is 0.877. The molecule has 1 fully saturated rings. The van der Waals surface area contributed by atoms with Gasteiger partial charge in [0.15, 0.2) is 0 Å². The molecule has 116 valence electrons. The molecule has 1 aliphatic heterocycles. The van der Waals surface area contributed by atoms with E-state index in [1.807, 2.05) is 30.0 Å². The number of nitrogens with one attached hydrogen (secondary N) is 1. The van der Waals surface area contributed by atoms with Crippen LogP contribution in [-0.2, 0) is 0 Å². The van der Waals surface area contributed by atoms with Gasteiger partial charge in [-0.05, 0) is 49.9 Å². The number of carbonyl (C=O) groups is 1. The van der Waals surface area contributed by atoms with E-state index in [1.54, 1.807) is 0 Å². The van der Waals surface area contributed by atoms with E-state index in [9.17, 15) is 4.79 Å². The average molecular weight is 353 g/mol. The first kappa shape index (κ1) is 16.5. The zero-order chi connectivity index (χ0) is 15.4. The van der Waals surface area contributed by atoms with Crippen molar-refractivity contribution >= 4 is 21.8 Å². The van der Waals surface area contributed by atoms with E-state index in [0.717, 1.165) is 35.2 Å². The molecule has 1 unspecified atom stereocenters. The van der Waals surface area contributed by atoms with Gasteiger partial charge in [0, 0.05) is 29.2 Å². The Kier molecular flexibility index (Phi) is 5.82. The van der Waals surface area contributed by atoms with Crippen molar-refractivity contribution in [1.29, 1.82) is 0 Å². The van der Waals surface area contributed by atoms with Crippen molar-refractivity contribution in [2.45, 2.75) is 39.7 Å². The standard InChI is InChI=1S/C17H25BrN2O/c1-12(2)10-20(11-15-5-4-8-19-15)17(21)14-7-6-13(3)16(18)9-14/h6-7,9,12,15,19H,4-5,8,10-11H2,1-3H3. The second-order valence-electron chi connectivity index (χ2n) is 6.36. The monoisotopic (exact) mass is 352 g/mol. The fourth-order valence-electron chi connectivity index (χ4n) is 2.77. The molecule has 1 saturated heterocycles. The maximum absolute atomic E-state index is 12.8. The molecule has 0 saturated carbocycles. The van der Waals surface area contributed by atoms with Crippen molar-refractivity contribution in [2.24, 2.45) is 5.92 Å². The van der Waals surface area contributed by atoms with Gasteiger partial charge in [-0.2, -0.15) is 0 Å². The summed E-state index contributed by atoms with van der Waals surface area (Å²) in [7, 11) is 0. The molecule has 1 atom stereocenters. The summed E-state index contributed by atoms with van der Waals surface area (Å²) < 4.78 is 0.997. The van der Waals surface area contributed by atoms with E-state index in [-0.39, 0.29) is 5.91 Å². The molecule has 2 rings (SSSR count). The van der Waals surface area contributed by atoms with Crippen LogP contribution in [0.4, 0.5) is 0 Å². The topological polar surface area (TPSA) is 32.3 Å². The van der Waals surface area contributed by atoms with E-state index < -0.39 is 0 Å². The summed E-state index contributed by atoms with van der Waals surface area (Å²) in [6, 6.07) is 6.31. The SMILES string of the molecule is Cc1ccc(C(=O)N(CC(C)C)CC2CCCN2)cc1Br. The minimum atomic E-state index is 0.137. The van der Waals surface area contributed by atoms with Crippen LogP contribution >= 0.6 is 15.9 Å². The van der Waals surface area contributed by atoms with Crippen molar-refractivity contribution in [1.82, 2.24) is 10.2 Å². The van der Waals surface area contributed by atoms with Crippen molar-refractivity contribution < 1.29 is 4.79 Å². The summed E-state index contributed by atoms with van der Waals surface area (Å²) in [6.07, 6.45) is 2.38. The molecule has 1 aromatic carbocycles. The Hall–Kier alpha value is -0.870. The smallest absolute Gasteiger partial charge is 0.253 e. The number of carbonyl (C=O) groups excluding carboxylic acids is 1. The fraction of sp³-hybridized carbons (Fsp3) is 0.588. The zero-order valence-electron chi connectivity index (χ0n) is 13.2. The van der Waals surface area contributed by atoms with Crippen molar-refractivity contribution in [2.75, 3.05) is 19.6 Å². The molecule has 1 heterocycles. The van der Waals surface area contributed by atoms with Gasteiger partial charge in [-0.15, -0.1) is 0 Å². The molecule has 0 bridgehead atoms. The number of aryl methyl sites for hydroxylation is 1. The number of halogens is 1. The Morgan fingerprint density at radius 1 is 1.48 bits per heavy atom. The normalized spacial score (nSPS) is 18.2. The minimum absolute atomic E-state index is 0.137. The lowest BCUT2D eigenvalue weighted by Gasteiger charge is -2.28. The van der Waals surface area contributed by atoms with Crippen LogP contribution in [0.3, 0.4) is 0 Å². The van der Waals surface area contributed by atoms with E-state index in [2.05, 4.69) is 35.1 Å². The molecular weight excluding hydrogens is 328 g/mol. The number of hydrogen-bond donors (Lipinski definition) is 1. The van der Waals surface area contributed by atoms with Crippen LogP contribution in [0.25, 0.3) is 0 Å². The van der Waals surface area contributed by atoms with Gasteiger partial charge in [-0.3, -0.25) is 4.79 Å². The van der Waals surface area contributed by atoms with E-state index in [4.69, 9.17) is 0 Å². The van der Waals surface area contributed by atoms with Crippen LogP contribution < -0.4 is 5.32 Å². The lowest BCUT2D eigenvalue weighted by atomic mass is 10.1.